The first-order valence-electron chi connectivity index (χ1n) is 10.3. The minimum atomic E-state index is -3.64. The minimum absolute atomic E-state index is 0.0253. The van der Waals surface area contributed by atoms with Crippen LogP contribution in [0.5, 0.6) is 0 Å². The van der Waals surface area contributed by atoms with Crippen LogP contribution in [0.15, 0.2) is 53.4 Å². The number of aromatic nitrogens is 2. The van der Waals surface area contributed by atoms with E-state index in [0.717, 1.165) is 24.6 Å². The second kappa shape index (κ2) is 9.82. The summed E-state index contributed by atoms with van der Waals surface area (Å²) in [7, 11) is -3.64. The zero-order chi connectivity index (χ0) is 21.7. The molecule has 0 atom stereocenters. The number of nitrogens with one attached hydrogen (secondary N) is 1. The summed E-state index contributed by atoms with van der Waals surface area (Å²) in [5, 5.41) is 2.96. The molecule has 0 spiro atoms. The first kappa shape index (κ1) is 21.8. The molecule has 0 radical (unpaired) electrons. The van der Waals surface area contributed by atoms with Gasteiger partial charge < -0.3 is 5.32 Å². The molecule has 31 heavy (non-hydrogen) atoms. The molecule has 1 aliphatic rings. The van der Waals surface area contributed by atoms with Crippen LogP contribution >= 0.6 is 11.7 Å². The van der Waals surface area contributed by atoms with Gasteiger partial charge in [-0.25, -0.2) is 8.42 Å². The maximum atomic E-state index is 13.1. The highest BCUT2D eigenvalue weighted by Gasteiger charge is 2.31. The van der Waals surface area contributed by atoms with Crippen molar-refractivity contribution in [2.24, 2.45) is 0 Å². The molecular weight excluding hydrogens is 434 g/mol. The normalized spacial score (nSPS) is 15.9. The van der Waals surface area contributed by atoms with E-state index in [0.29, 0.717) is 43.8 Å². The van der Waals surface area contributed by atoms with Crippen molar-refractivity contribution in [3.8, 4) is 0 Å². The summed E-state index contributed by atoms with van der Waals surface area (Å²) in [5.41, 5.74) is 2.27. The van der Waals surface area contributed by atoms with E-state index in [1.165, 1.54) is 9.87 Å². The van der Waals surface area contributed by atoms with Crippen molar-refractivity contribution < 1.29 is 13.2 Å². The number of nitrogens with zero attached hydrogens (tertiary/aromatic N) is 4. The van der Waals surface area contributed by atoms with Crippen LogP contribution in [-0.4, -0.2) is 71.5 Å². The first-order valence-corrected chi connectivity index (χ1v) is 12.5. The monoisotopic (exact) mass is 459 g/mol. The van der Waals surface area contributed by atoms with E-state index in [-0.39, 0.29) is 17.3 Å². The van der Waals surface area contributed by atoms with Crippen LogP contribution < -0.4 is 5.32 Å². The lowest BCUT2D eigenvalue weighted by atomic mass is 10.1. The summed E-state index contributed by atoms with van der Waals surface area (Å²) in [4.78, 5) is 14.4. The highest BCUT2D eigenvalue weighted by atomic mass is 32.2. The van der Waals surface area contributed by atoms with Crippen LogP contribution in [-0.2, 0) is 21.2 Å². The molecule has 2 heterocycles. The fraction of sp³-hybridized carbons (Fsp3) is 0.381. The Morgan fingerprint density at radius 2 is 1.77 bits per heavy atom. The number of hydrogen-bond acceptors (Lipinski definition) is 7. The fourth-order valence-corrected chi connectivity index (χ4v) is 5.86. The standard InChI is InChI=1S/C21H25N5O3S2/c27-20(22-11-5-8-17-6-2-1-3-7-17)16-25-12-14-26(15-13-25)31(28,29)19-10-4-9-18-21(19)24-30-23-18/h1-4,6-7,9-10H,5,8,11-16H2,(H,22,27). The Balaban J connectivity index is 1.24. The predicted octanol–water partition coefficient (Wildman–Crippen LogP) is 1.75. The van der Waals surface area contributed by atoms with Crippen LogP contribution in [0.3, 0.4) is 0 Å². The summed E-state index contributed by atoms with van der Waals surface area (Å²) >= 11 is 1.01. The van der Waals surface area contributed by atoms with Gasteiger partial charge in [-0.3, -0.25) is 9.69 Å². The van der Waals surface area contributed by atoms with E-state index in [4.69, 9.17) is 0 Å². The highest BCUT2D eigenvalue weighted by molar-refractivity contribution is 7.89. The number of sulfonamides is 1. The van der Waals surface area contributed by atoms with Crippen LogP contribution in [0.2, 0.25) is 0 Å². The van der Waals surface area contributed by atoms with Gasteiger partial charge in [-0.2, -0.15) is 13.1 Å². The zero-order valence-corrected chi connectivity index (χ0v) is 18.7. The van der Waals surface area contributed by atoms with E-state index in [2.05, 4.69) is 26.2 Å². The third-order valence-corrected chi connectivity index (χ3v) is 7.85. The Hall–Kier alpha value is -2.40. The topological polar surface area (TPSA) is 95.5 Å². The third-order valence-electron chi connectivity index (χ3n) is 5.37. The number of rotatable bonds is 8. The average molecular weight is 460 g/mol. The molecule has 0 bridgehead atoms. The van der Waals surface area contributed by atoms with Crippen LogP contribution in [0.1, 0.15) is 12.0 Å². The van der Waals surface area contributed by atoms with Gasteiger partial charge in [-0.05, 0) is 30.5 Å². The third kappa shape index (κ3) is 5.27. The van der Waals surface area contributed by atoms with Crippen LogP contribution in [0.4, 0.5) is 0 Å². The number of carbonyl (C=O) groups is 1. The van der Waals surface area contributed by atoms with Gasteiger partial charge in [0.25, 0.3) is 0 Å². The average Bonchev–Trinajstić information content (AvgIpc) is 3.27. The lowest BCUT2D eigenvalue weighted by molar-refractivity contribution is -0.122. The molecule has 1 amide bonds. The summed E-state index contributed by atoms with van der Waals surface area (Å²) in [5.74, 6) is -0.0253. The number of fused-ring (bicyclic) bond motifs is 1. The molecule has 10 heteroatoms. The summed E-state index contributed by atoms with van der Waals surface area (Å²) in [6.45, 7) is 2.64. The largest absolute Gasteiger partial charge is 0.355 e. The highest BCUT2D eigenvalue weighted by Crippen LogP contribution is 2.25. The van der Waals surface area contributed by atoms with Crippen LogP contribution in [0, 0.1) is 0 Å². The number of aryl methyl sites for hydroxylation is 1. The minimum Gasteiger partial charge on any atom is -0.355 e. The fourth-order valence-electron chi connectivity index (χ4n) is 3.68. The Morgan fingerprint density at radius 3 is 2.55 bits per heavy atom. The van der Waals surface area contributed by atoms with E-state index in [9.17, 15) is 13.2 Å². The number of piperazine rings is 1. The summed E-state index contributed by atoms with van der Waals surface area (Å²) < 4.78 is 35.9. The first-order chi connectivity index (χ1) is 15.0. The van der Waals surface area contributed by atoms with Crippen molar-refractivity contribution in [2.75, 3.05) is 39.3 Å². The molecule has 0 unspecified atom stereocenters. The zero-order valence-electron chi connectivity index (χ0n) is 17.1. The smallest absolute Gasteiger partial charge is 0.245 e. The van der Waals surface area contributed by atoms with Crippen LogP contribution in [0.25, 0.3) is 11.0 Å². The maximum absolute atomic E-state index is 13.1. The molecule has 0 aliphatic carbocycles. The van der Waals surface area contributed by atoms with Crippen molar-refractivity contribution in [2.45, 2.75) is 17.7 Å². The Morgan fingerprint density at radius 1 is 1.00 bits per heavy atom. The van der Waals surface area contributed by atoms with Crippen molar-refractivity contribution >= 4 is 38.7 Å². The van der Waals surface area contributed by atoms with Crippen molar-refractivity contribution in [3.05, 3.63) is 54.1 Å². The van der Waals surface area contributed by atoms with Gasteiger partial charge in [0.1, 0.15) is 15.9 Å². The van der Waals surface area contributed by atoms with Gasteiger partial charge in [0, 0.05) is 32.7 Å². The van der Waals surface area contributed by atoms with Gasteiger partial charge in [0.05, 0.1) is 18.3 Å². The molecule has 1 N–H and O–H groups in total. The molecule has 1 aromatic heterocycles. The van der Waals surface area contributed by atoms with Gasteiger partial charge >= 0.3 is 0 Å². The molecule has 3 aromatic rings. The number of benzene rings is 2. The van der Waals surface area contributed by atoms with E-state index >= 15 is 0 Å². The quantitative estimate of drug-likeness (QED) is 0.516. The van der Waals surface area contributed by atoms with E-state index in [1.54, 1.807) is 18.2 Å². The molecule has 1 aliphatic heterocycles. The Kier molecular flexibility index (Phi) is 6.91. The van der Waals surface area contributed by atoms with Gasteiger partial charge in [0.15, 0.2) is 0 Å². The molecule has 4 rings (SSSR count). The Bertz CT molecular complexity index is 1130. The summed E-state index contributed by atoms with van der Waals surface area (Å²) in [6, 6.07) is 15.2. The maximum Gasteiger partial charge on any atom is 0.245 e. The second-order valence-corrected chi connectivity index (χ2v) is 9.94. The van der Waals surface area contributed by atoms with E-state index in [1.807, 2.05) is 23.1 Å². The molecule has 2 aromatic carbocycles. The molecule has 1 fully saturated rings. The molecule has 0 saturated carbocycles. The summed E-state index contributed by atoms with van der Waals surface area (Å²) in [6.07, 6.45) is 1.82. The van der Waals surface area contributed by atoms with Crippen molar-refractivity contribution in [3.63, 3.8) is 0 Å². The molecule has 8 nitrogen and oxygen atoms in total. The number of carbonyl (C=O) groups excluding carboxylic acids is 1. The van der Waals surface area contributed by atoms with Gasteiger partial charge in [-0.15, -0.1) is 0 Å². The second-order valence-electron chi connectivity index (χ2n) is 7.51. The number of hydrogen-bond donors (Lipinski definition) is 1. The number of amides is 1. The lowest BCUT2D eigenvalue weighted by Gasteiger charge is -2.33. The molecule has 1 saturated heterocycles. The van der Waals surface area contributed by atoms with E-state index < -0.39 is 10.0 Å². The van der Waals surface area contributed by atoms with Gasteiger partial charge in [0.2, 0.25) is 15.9 Å². The predicted molar refractivity (Wildman–Crippen MR) is 120 cm³/mol. The molecular formula is C21H25N5O3S2. The van der Waals surface area contributed by atoms with Gasteiger partial charge in [-0.1, -0.05) is 36.4 Å². The lowest BCUT2D eigenvalue weighted by Crippen LogP contribution is -2.51. The molecule has 164 valence electrons. The van der Waals surface area contributed by atoms with Crippen molar-refractivity contribution in [1.82, 2.24) is 23.3 Å². The Labute approximate surface area is 186 Å². The SMILES string of the molecule is O=C(CN1CCN(S(=O)(=O)c2cccc3nsnc23)CC1)NCCCc1ccccc1. The van der Waals surface area contributed by atoms with Crippen molar-refractivity contribution in [1.29, 1.82) is 0 Å².